The Bertz CT molecular complexity index is 1150. The van der Waals surface area contributed by atoms with E-state index in [0.29, 0.717) is 22.6 Å². The number of hydrogen-bond donors (Lipinski definition) is 0. The van der Waals surface area contributed by atoms with Gasteiger partial charge in [-0.15, -0.1) is 0 Å². The average molecular weight is 460 g/mol. The molecule has 3 aromatic rings. The molecule has 0 aliphatic heterocycles. The van der Waals surface area contributed by atoms with Gasteiger partial charge in [0.25, 0.3) is 0 Å². The first-order chi connectivity index (χ1) is 15.2. The monoisotopic (exact) mass is 460 g/mol. The van der Waals surface area contributed by atoms with Crippen LogP contribution in [0.2, 0.25) is 0 Å². The number of halogens is 1. The van der Waals surface area contributed by atoms with Crippen LogP contribution in [0.3, 0.4) is 0 Å². The summed E-state index contributed by atoms with van der Waals surface area (Å²) < 4.78 is 52.0. The lowest BCUT2D eigenvalue weighted by Crippen LogP contribution is -2.30. The van der Waals surface area contributed by atoms with Gasteiger partial charge in [0.1, 0.15) is 11.5 Å². The maximum absolute atomic E-state index is 13.8. The summed E-state index contributed by atoms with van der Waals surface area (Å²) in [6.07, 6.45) is 0. The molecule has 3 rings (SSSR count). The van der Waals surface area contributed by atoms with Crippen LogP contribution in [-0.4, -0.2) is 31.9 Å². The van der Waals surface area contributed by atoms with Crippen molar-refractivity contribution in [3.8, 4) is 11.5 Å². The number of hydrogen-bond acceptors (Lipinski definition) is 6. The van der Waals surface area contributed by atoms with Crippen molar-refractivity contribution in [1.82, 2.24) is 4.31 Å². The predicted octanol–water partition coefficient (Wildman–Crippen LogP) is 4.14. The second kappa shape index (κ2) is 9.75. The Morgan fingerprint density at radius 1 is 0.875 bits per heavy atom. The molecule has 0 aliphatic rings. The molecular formula is C22H21FN2O6S. The molecule has 0 spiro atoms. The fourth-order valence-electron chi connectivity index (χ4n) is 3.04. The molecule has 0 fully saturated rings. The van der Waals surface area contributed by atoms with Gasteiger partial charge in [0, 0.05) is 19.2 Å². The lowest BCUT2D eigenvalue weighted by Gasteiger charge is -2.23. The van der Waals surface area contributed by atoms with Gasteiger partial charge in [-0.3, -0.25) is 10.1 Å². The summed E-state index contributed by atoms with van der Waals surface area (Å²) >= 11 is 0. The zero-order valence-corrected chi connectivity index (χ0v) is 18.2. The van der Waals surface area contributed by atoms with Gasteiger partial charge in [-0.05, 0) is 47.5 Å². The van der Waals surface area contributed by atoms with Gasteiger partial charge in [-0.1, -0.05) is 24.3 Å². The van der Waals surface area contributed by atoms with Crippen LogP contribution < -0.4 is 9.47 Å². The maximum atomic E-state index is 13.8. The van der Waals surface area contributed by atoms with Gasteiger partial charge in [0.15, 0.2) is 0 Å². The molecule has 0 aromatic heterocycles. The van der Waals surface area contributed by atoms with Crippen LogP contribution in [0.5, 0.6) is 11.5 Å². The molecular weight excluding hydrogens is 439 g/mol. The summed E-state index contributed by atoms with van der Waals surface area (Å²) in [5.74, 6) is 0.130. The van der Waals surface area contributed by atoms with Gasteiger partial charge in [-0.25, -0.2) is 8.42 Å². The largest absolute Gasteiger partial charge is 0.497 e. The normalized spacial score (nSPS) is 11.4. The minimum absolute atomic E-state index is 0.0104. The molecule has 0 heterocycles. The molecule has 3 aromatic carbocycles. The van der Waals surface area contributed by atoms with Gasteiger partial charge in [-0.2, -0.15) is 8.70 Å². The maximum Gasteiger partial charge on any atom is 0.306 e. The Labute approximate surface area is 185 Å². The number of nitrogens with zero attached hydrogens (tertiary/aromatic N) is 2. The molecule has 32 heavy (non-hydrogen) atoms. The van der Waals surface area contributed by atoms with E-state index in [0.717, 1.165) is 18.2 Å². The lowest BCUT2D eigenvalue weighted by atomic mass is 10.2. The first-order valence-electron chi connectivity index (χ1n) is 9.44. The van der Waals surface area contributed by atoms with Crippen molar-refractivity contribution in [3.05, 3.63) is 93.8 Å². The van der Waals surface area contributed by atoms with Crippen molar-refractivity contribution in [2.45, 2.75) is 18.0 Å². The number of rotatable bonds is 9. The number of nitro groups is 1. The number of methoxy groups -OCH3 is 2. The third-order valence-corrected chi connectivity index (χ3v) is 6.58. The van der Waals surface area contributed by atoms with Gasteiger partial charge in [0.2, 0.25) is 15.8 Å². The van der Waals surface area contributed by atoms with E-state index < -0.39 is 26.5 Å². The van der Waals surface area contributed by atoms with Crippen molar-refractivity contribution < 1.29 is 27.2 Å². The summed E-state index contributed by atoms with van der Waals surface area (Å²) in [7, 11) is -1.15. The Hall–Kier alpha value is -3.50. The SMILES string of the molecule is COc1ccc(CN(Cc2ccc(OC)cc2)S(=O)(=O)c2ccc(F)c([N+](=O)[O-])c2)cc1. The minimum atomic E-state index is -4.20. The van der Waals surface area contributed by atoms with Crippen LogP contribution in [0.15, 0.2) is 71.6 Å². The molecule has 0 bridgehead atoms. The van der Waals surface area contributed by atoms with E-state index in [1.165, 1.54) is 18.5 Å². The van der Waals surface area contributed by atoms with Gasteiger partial charge in [0.05, 0.1) is 24.0 Å². The Balaban J connectivity index is 2.00. The molecule has 0 aliphatic carbocycles. The van der Waals surface area contributed by atoms with E-state index >= 15 is 0 Å². The molecule has 168 valence electrons. The van der Waals surface area contributed by atoms with Crippen molar-refractivity contribution in [1.29, 1.82) is 0 Å². The molecule has 10 heteroatoms. The fraction of sp³-hybridized carbons (Fsp3) is 0.182. The Morgan fingerprint density at radius 2 is 1.34 bits per heavy atom. The predicted molar refractivity (Wildman–Crippen MR) is 115 cm³/mol. The van der Waals surface area contributed by atoms with Crippen molar-refractivity contribution in [2.24, 2.45) is 0 Å². The van der Waals surface area contributed by atoms with Crippen molar-refractivity contribution in [2.75, 3.05) is 14.2 Å². The highest BCUT2D eigenvalue weighted by Gasteiger charge is 2.28. The highest BCUT2D eigenvalue weighted by Crippen LogP contribution is 2.27. The third-order valence-electron chi connectivity index (χ3n) is 4.79. The van der Waals surface area contributed by atoms with E-state index in [-0.39, 0.29) is 18.0 Å². The molecule has 0 N–H and O–H groups in total. The van der Waals surface area contributed by atoms with Crippen LogP contribution in [0, 0.1) is 15.9 Å². The van der Waals surface area contributed by atoms with E-state index in [1.54, 1.807) is 48.5 Å². The average Bonchev–Trinajstić information content (AvgIpc) is 2.79. The zero-order chi connectivity index (χ0) is 23.3. The second-order valence-electron chi connectivity index (χ2n) is 6.84. The number of ether oxygens (including phenoxy) is 2. The van der Waals surface area contributed by atoms with Crippen LogP contribution >= 0.6 is 0 Å². The van der Waals surface area contributed by atoms with E-state index in [2.05, 4.69) is 0 Å². The fourth-order valence-corrected chi connectivity index (χ4v) is 4.47. The summed E-state index contributed by atoms with van der Waals surface area (Å²) in [6.45, 7) is -0.0208. The molecule has 0 amide bonds. The van der Waals surface area contributed by atoms with Gasteiger partial charge >= 0.3 is 5.69 Å². The molecule has 0 unspecified atom stereocenters. The van der Waals surface area contributed by atoms with Crippen molar-refractivity contribution >= 4 is 15.7 Å². The summed E-state index contributed by atoms with van der Waals surface area (Å²) in [6, 6.07) is 16.3. The van der Waals surface area contributed by atoms with Crippen LogP contribution in [0.4, 0.5) is 10.1 Å². The summed E-state index contributed by atoms with van der Waals surface area (Å²) in [5.41, 5.74) is 0.457. The number of nitro benzene ring substituents is 1. The second-order valence-corrected chi connectivity index (χ2v) is 8.78. The van der Waals surface area contributed by atoms with Gasteiger partial charge < -0.3 is 9.47 Å². The summed E-state index contributed by atoms with van der Waals surface area (Å²) in [4.78, 5) is 9.79. The van der Waals surface area contributed by atoms with E-state index in [9.17, 15) is 22.9 Å². The van der Waals surface area contributed by atoms with Crippen molar-refractivity contribution in [3.63, 3.8) is 0 Å². The van der Waals surface area contributed by atoms with E-state index in [4.69, 9.17) is 9.47 Å². The minimum Gasteiger partial charge on any atom is -0.497 e. The standard InChI is InChI=1S/C22H21FN2O6S/c1-30-18-7-3-16(4-8-18)14-24(15-17-5-9-19(31-2)10-6-17)32(28,29)20-11-12-21(23)22(13-20)25(26)27/h3-13H,14-15H2,1-2H3. The molecule has 8 nitrogen and oxygen atoms in total. The molecule has 0 radical (unpaired) electrons. The first-order valence-corrected chi connectivity index (χ1v) is 10.9. The molecule has 0 saturated heterocycles. The van der Waals surface area contributed by atoms with Crippen LogP contribution in [-0.2, 0) is 23.1 Å². The van der Waals surface area contributed by atoms with Crippen LogP contribution in [0.1, 0.15) is 11.1 Å². The smallest absolute Gasteiger partial charge is 0.306 e. The Morgan fingerprint density at radius 3 is 1.75 bits per heavy atom. The highest BCUT2D eigenvalue weighted by molar-refractivity contribution is 7.89. The quantitative estimate of drug-likeness (QED) is 0.352. The third kappa shape index (κ3) is 5.21. The number of benzene rings is 3. The van der Waals surface area contributed by atoms with Crippen LogP contribution in [0.25, 0.3) is 0 Å². The zero-order valence-electron chi connectivity index (χ0n) is 17.4. The number of sulfonamides is 1. The molecule has 0 atom stereocenters. The Kier molecular flexibility index (Phi) is 7.06. The first kappa shape index (κ1) is 23.2. The van der Waals surface area contributed by atoms with E-state index in [1.807, 2.05) is 0 Å². The topological polar surface area (TPSA) is 99.0 Å². The molecule has 0 saturated carbocycles. The highest BCUT2D eigenvalue weighted by atomic mass is 32.2. The summed E-state index contributed by atoms with van der Waals surface area (Å²) in [5, 5.41) is 11.1. The lowest BCUT2D eigenvalue weighted by molar-refractivity contribution is -0.387.